The maximum atomic E-state index is 14.6. The monoisotopic (exact) mass is 552 g/mol. The SMILES string of the molecule is C=CCCOC(=O)[C@@H]1[C@H]2C(=O)N([C@@H](CO)[C@@H](C)CC)C(C(=O)N(CC=C)Cc3ccccc3)C23CC(C)[C@@]1(C)O3. The number of amides is 2. The minimum Gasteiger partial charge on any atom is -0.465 e. The number of hydrogen-bond donors (Lipinski definition) is 1. The Morgan fingerprint density at radius 3 is 2.58 bits per heavy atom. The first-order valence-corrected chi connectivity index (χ1v) is 14.5. The molecule has 3 aliphatic heterocycles. The lowest BCUT2D eigenvalue weighted by Crippen LogP contribution is -2.59. The number of aliphatic hydroxyl groups is 1. The van der Waals surface area contributed by atoms with Crippen molar-refractivity contribution in [2.75, 3.05) is 19.8 Å². The molecule has 1 aromatic carbocycles. The van der Waals surface area contributed by atoms with E-state index in [9.17, 15) is 19.5 Å². The number of ether oxygens (including phenoxy) is 2. The second-order valence-electron chi connectivity index (χ2n) is 11.8. The summed E-state index contributed by atoms with van der Waals surface area (Å²) in [6.07, 6.45) is 5.00. The van der Waals surface area contributed by atoms with Gasteiger partial charge in [-0.3, -0.25) is 14.4 Å². The highest BCUT2D eigenvalue weighted by atomic mass is 16.6. The number of carbonyl (C=O) groups excluding carboxylic acids is 3. The quantitative estimate of drug-likeness (QED) is 0.228. The molecule has 3 saturated heterocycles. The highest BCUT2D eigenvalue weighted by Gasteiger charge is 2.80. The van der Waals surface area contributed by atoms with Crippen molar-refractivity contribution in [1.82, 2.24) is 9.80 Å². The molecular formula is C32H44N2O6. The van der Waals surface area contributed by atoms with E-state index in [4.69, 9.17) is 9.47 Å². The summed E-state index contributed by atoms with van der Waals surface area (Å²) in [5.74, 6) is -2.98. The van der Waals surface area contributed by atoms with Crippen molar-refractivity contribution < 1.29 is 29.0 Å². The van der Waals surface area contributed by atoms with Crippen LogP contribution in [0.3, 0.4) is 0 Å². The largest absolute Gasteiger partial charge is 0.465 e. The molecule has 3 heterocycles. The number of esters is 1. The molecule has 8 nitrogen and oxygen atoms in total. The number of aliphatic hydroxyl groups excluding tert-OH is 1. The van der Waals surface area contributed by atoms with Gasteiger partial charge in [0, 0.05) is 13.1 Å². The molecule has 2 amide bonds. The van der Waals surface area contributed by atoms with Crippen molar-refractivity contribution >= 4 is 17.8 Å². The van der Waals surface area contributed by atoms with Gasteiger partial charge in [-0.2, -0.15) is 0 Å². The molecule has 2 bridgehead atoms. The van der Waals surface area contributed by atoms with E-state index in [1.165, 1.54) is 0 Å². The van der Waals surface area contributed by atoms with E-state index in [0.717, 1.165) is 5.56 Å². The summed E-state index contributed by atoms with van der Waals surface area (Å²) < 4.78 is 12.4. The summed E-state index contributed by atoms with van der Waals surface area (Å²) >= 11 is 0. The zero-order valence-electron chi connectivity index (χ0n) is 24.3. The predicted molar refractivity (Wildman–Crippen MR) is 152 cm³/mol. The van der Waals surface area contributed by atoms with Gasteiger partial charge >= 0.3 is 5.97 Å². The van der Waals surface area contributed by atoms with Gasteiger partial charge in [0.15, 0.2) is 0 Å². The normalized spacial score (nSPS) is 31.9. The summed E-state index contributed by atoms with van der Waals surface area (Å²) in [6.45, 7) is 15.9. The maximum Gasteiger partial charge on any atom is 0.312 e. The fourth-order valence-electron chi connectivity index (χ4n) is 7.18. The van der Waals surface area contributed by atoms with Crippen LogP contribution in [-0.4, -0.2) is 75.7 Å². The molecule has 0 aromatic heterocycles. The van der Waals surface area contributed by atoms with Crippen molar-refractivity contribution in [2.24, 2.45) is 23.7 Å². The number of rotatable bonds is 13. The third kappa shape index (κ3) is 4.79. The fourth-order valence-corrected chi connectivity index (χ4v) is 7.18. The molecule has 0 aliphatic carbocycles. The first kappa shape index (κ1) is 30.0. The van der Waals surface area contributed by atoms with Crippen molar-refractivity contribution in [1.29, 1.82) is 0 Å². The van der Waals surface area contributed by atoms with Crippen molar-refractivity contribution in [3.63, 3.8) is 0 Å². The molecule has 0 saturated carbocycles. The van der Waals surface area contributed by atoms with E-state index in [1.54, 1.807) is 22.0 Å². The summed E-state index contributed by atoms with van der Waals surface area (Å²) in [7, 11) is 0. The van der Waals surface area contributed by atoms with Gasteiger partial charge in [0.25, 0.3) is 0 Å². The van der Waals surface area contributed by atoms with E-state index in [2.05, 4.69) is 13.2 Å². The van der Waals surface area contributed by atoms with Crippen LogP contribution < -0.4 is 0 Å². The lowest BCUT2D eigenvalue weighted by molar-refractivity contribution is -0.164. The second kappa shape index (κ2) is 11.9. The van der Waals surface area contributed by atoms with E-state index >= 15 is 0 Å². The first-order chi connectivity index (χ1) is 19.1. The Balaban J connectivity index is 1.82. The number of carbonyl (C=O) groups is 3. The average molecular weight is 553 g/mol. The van der Waals surface area contributed by atoms with Crippen LogP contribution in [0.5, 0.6) is 0 Å². The Kier molecular flexibility index (Phi) is 8.90. The topological polar surface area (TPSA) is 96.4 Å². The molecule has 3 unspecified atom stereocenters. The maximum absolute atomic E-state index is 14.6. The Hall–Kier alpha value is -2.97. The van der Waals surface area contributed by atoms with Crippen LogP contribution >= 0.6 is 0 Å². The number of hydrogen-bond acceptors (Lipinski definition) is 6. The average Bonchev–Trinajstić information content (AvgIpc) is 3.46. The smallest absolute Gasteiger partial charge is 0.312 e. The molecular weight excluding hydrogens is 508 g/mol. The van der Waals surface area contributed by atoms with E-state index in [1.807, 2.05) is 58.0 Å². The number of fused-ring (bicyclic) bond motifs is 1. The number of likely N-dealkylation sites (tertiary alicyclic amines) is 1. The molecule has 1 spiro atoms. The predicted octanol–water partition coefficient (Wildman–Crippen LogP) is 3.74. The van der Waals surface area contributed by atoms with Crippen LogP contribution in [0.15, 0.2) is 55.6 Å². The molecule has 8 heteroatoms. The lowest BCUT2D eigenvalue weighted by atomic mass is 9.62. The Labute approximate surface area is 238 Å². The standard InChI is InChI=1S/C32H44N2O6/c1-7-10-17-39-30(38)26-25-28(36)34(24(20-35)21(4)9-3)27(32(25)18-22(5)31(26,6)40-32)29(37)33(16-8-2)19-23-14-12-11-13-15-23/h7-8,11-15,21-22,24-27,35H,1-2,9-10,16-20H2,3-6H3/t21-,22?,24-,25-,26-,27?,31+,32?/m0/s1. The van der Waals surface area contributed by atoms with Crippen LogP contribution in [0, 0.1) is 23.7 Å². The van der Waals surface area contributed by atoms with Gasteiger partial charge in [0.2, 0.25) is 11.8 Å². The van der Waals surface area contributed by atoms with Gasteiger partial charge in [0.05, 0.1) is 30.8 Å². The van der Waals surface area contributed by atoms with E-state index < -0.39 is 41.1 Å². The van der Waals surface area contributed by atoms with Gasteiger partial charge < -0.3 is 24.4 Å². The van der Waals surface area contributed by atoms with Gasteiger partial charge in [-0.25, -0.2) is 0 Å². The van der Waals surface area contributed by atoms with Gasteiger partial charge in [-0.1, -0.05) is 69.7 Å². The zero-order valence-corrected chi connectivity index (χ0v) is 24.3. The van der Waals surface area contributed by atoms with Crippen molar-refractivity contribution in [2.45, 2.75) is 76.8 Å². The summed E-state index contributed by atoms with van der Waals surface area (Å²) in [5, 5.41) is 10.6. The third-order valence-electron chi connectivity index (χ3n) is 9.53. The molecule has 3 aliphatic rings. The van der Waals surface area contributed by atoms with Gasteiger partial charge in [-0.15, -0.1) is 13.2 Å². The zero-order chi connectivity index (χ0) is 29.2. The molecule has 40 heavy (non-hydrogen) atoms. The minimum absolute atomic E-state index is 0.0790. The van der Waals surface area contributed by atoms with Crippen LogP contribution in [0.4, 0.5) is 0 Å². The molecule has 218 valence electrons. The highest BCUT2D eigenvalue weighted by Crippen LogP contribution is 2.66. The molecule has 3 fully saturated rings. The van der Waals surface area contributed by atoms with E-state index in [0.29, 0.717) is 25.8 Å². The van der Waals surface area contributed by atoms with Crippen LogP contribution in [-0.2, 0) is 30.4 Å². The van der Waals surface area contributed by atoms with E-state index in [-0.39, 0.29) is 43.4 Å². The fraction of sp³-hybridized carbons (Fsp3) is 0.594. The third-order valence-corrected chi connectivity index (χ3v) is 9.53. The summed E-state index contributed by atoms with van der Waals surface area (Å²) in [6, 6.07) is 8.07. The lowest BCUT2D eigenvalue weighted by Gasteiger charge is -2.41. The van der Waals surface area contributed by atoms with Crippen LogP contribution in [0.2, 0.25) is 0 Å². The molecule has 1 N–H and O–H groups in total. The minimum atomic E-state index is -1.21. The van der Waals surface area contributed by atoms with Gasteiger partial charge in [-0.05, 0) is 37.2 Å². The van der Waals surface area contributed by atoms with Crippen molar-refractivity contribution in [3.05, 3.63) is 61.2 Å². The highest BCUT2D eigenvalue weighted by molar-refractivity contribution is 5.98. The Morgan fingerprint density at radius 1 is 1.27 bits per heavy atom. The van der Waals surface area contributed by atoms with Gasteiger partial charge in [0.1, 0.15) is 17.6 Å². The van der Waals surface area contributed by atoms with Crippen LogP contribution in [0.1, 0.15) is 52.5 Å². The number of benzene rings is 1. The number of nitrogens with zero attached hydrogens (tertiary/aromatic N) is 2. The van der Waals surface area contributed by atoms with Crippen LogP contribution in [0.25, 0.3) is 0 Å². The summed E-state index contributed by atoms with van der Waals surface area (Å²) in [5.41, 5.74) is -1.21. The molecule has 1 aromatic rings. The molecule has 0 radical (unpaired) electrons. The first-order valence-electron chi connectivity index (χ1n) is 14.5. The Morgan fingerprint density at radius 2 is 1.98 bits per heavy atom. The second-order valence-corrected chi connectivity index (χ2v) is 11.8. The summed E-state index contributed by atoms with van der Waals surface area (Å²) in [4.78, 5) is 45.9. The molecule has 8 atom stereocenters. The van der Waals surface area contributed by atoms with Crippen molar-refractivity contribution in [3.8, 4) is 0 Å². The Bertz CT molecular complexity index is 1120. The molecule has 4 rings (SSSR count).